The topological polar surface area (TPSA) is 67.5 Å². The number of aryl methyl sites for hydroxylation is 1. The Morgan fingerprint density at radius 3 is 2.67 bits per heavy atom. The number of benzene rings is 1. The first-order valence-electron chi connectivity index (χ1n) is 5.87. The second-order valence-corrected chi connectivity index (χ2v) is 4.29. The van der Waals surface area contributed by atoms with Crippen LogP contribution in [0.5, 0.6) is 0 Å². The van der Waals surface area contributed by atoms with E-state index in [2.05, 4.69) is 10.3 Å². The lowest BCUT2D eigenvalue weighted by Gasteiger charge is -2.03. The number of carbonyl (C=O) groups is 1. The maximum Gasteiger partial charge on any atom is 0.250 e. The van der Waals surface area contributed by atoms with Crippen molar-refractivity contribution in [2.45, 2.75) is 26.8 Å². The second kappa shape index (κ2) is 6.59. The van der Waals surface area contributed by atoms with Gasteiger partial charge in [-0.1, -0.05) is 24.3 Å². The summed E-state index contributed by atoms with van der Waals surface area (Å²) in [5.74, 6) is -0.135. The van der Waals surface area contributed by atoms with E-state index in [0.29, 0.717) is 0 Å². The van der Waals surface area contributed by atoms with Crippen LogP contribution in [0.3, 0.4) is 0 Å². The van der Waals surface area contributed by atoms with Gasteiger partial charge in [-0.25, -0.2) is 0 Å². The minimum absolute atomic E-state index is 0.0608. The molecule has 0 unspecified atom stereocenters. The van der Waals surface area contributed by atoms with Crippen molar-refractivity contribution in [3.05, 3.63) is 41.5 Å². The Balaban J connectivity index is 2.63. The SMILES string of the molecule is Cc1ccccc1/C=C/C(=O)NC(N)=NC(C)C. The molecule has 0 saturated heterocycles. The van der Waals surface area contributed by atoms with Gasteiger partial charge in [0.1, 0.15) is 0 Å². The summed E-state index contributed by atoms with van der Waals surface area (Å²) in [6.45, 7) is 5.77. The first kappa shape index (κ1) is 14.0. The predicted octanol–water partition coefficient (Wildman–Crippen LogP) is 1.85. The van der Waals surface area contributed by atoms with Gasteiger partial charge in [-0.05, 0) is 38.0 Å². The molecule has 0 radical (unpaired) electrons. The van der Waals surface area contributed by atoms with Crippen molar-refractivity contribution < 1.29 is 4.79 Å². The number of aliphatic imine (C=N–C) groups is 1. The van der Waals surface area contributed by atoms with E-state index in [9.17, 15) is 4.79 Å². The molecule has 18 heavy (non-hydrogen) atoms. The maximum absolute atomic E-state index is 11.6. The first-order chi connectivity index (χ1) is 8.49. The molecule has 0 aliphatic carbocycles. The van der Waals surface area contributed by atoms with Gasteiger partial charge in [-0.3, -0.25) is 15.1 Å². The lowest BCUT2D eigenvalue weighted by atomic mass is 10.1. The normalized spacial score (nSPS) is 12.1. The van der Waals surface area contributed by atoms with Crippen molar-refractivity contribution in [1.82, 2.24) is 5.32 Å². The number of nitrogens with two attached hydrogens (primary N) is 1. The summed E-state index contributed by atoms with van der Waals surface area (Å²) in [6.07, 6.45) is 3.21. The molecule has 0 fully saturated rings. The van der Waals surface area contributed by atoms with Crippen molar-refractivity contribution in [3.8, 4) is 0 Å². The molecule has 0 bridgehead atoms. The number of nitrogens with one attached hydrogen (secondary N) is 1. The van der Waals surface area contributed by atoms with Crippen LogP contribution in [0.4, 0.5) is 0 Å². The monoisotopic (exact) mass is 245 g/mol. The van der Waals surface area contributed by atoms with Gasteiger partial charge in [0, 0.05) is 12.1 Å². The zero-order chi connectivity index (χ0) is 13.5. The number of carbonyl (C=O) groups excluding carboxylic acids is 1. The van der Waals surface area contributed by atoms with Crippen molar-refractivity contribution in [1.29, 1.82) is 0 Å². The van der Waals surface area contributed by atoms with Crippen molar-refractivity contribution in [2.24, 2.45) is 10.7 Å². The van der Waals surface area contributed by atoms with Crippen LogP contribution >= 0.6 is 0 Å². The molecule has 0 aliphatic heterocycles. The molecule has 1 amide bonds. The Morgan fingerprint density at radius 2 is 2.06 bits per heavy atom. The van der Waals surface area contributed by atoms with Gasteiger partial charge < -0.3 is 5.73 Å². The molecule has 4 nitrogen and oxygen atoms in total. The van der Waals surface area contributed by atoms with Crippen molar-refractivity contribution in [2.75, 3.05) is 0 Å². The average Bonchev–Trinajstić information content (AvgIpc) is 2.26. The number of nitrogens with zero attached hydrogens (tertiary/aromatic N) is 1. The molecule has 1 aromatic rings. The fraction of sp³-hybridized carbons (Fsp3) is 0.286. The van der Waals surface area contributed by atoms with E-state index in [1.54, 1.807) is 6.08 Å². The summed E-state index contributed by atoms with van der Waals surface area (Å²) >= 11 is 0. The van der Waals surface area contributed by atoms with Crippen LogP contribution in [-0.2, 0) is 4.79 Å². The van der Waals surface area contributed by atoms with Crippen molar-refractivity contribution >= 4 is 17.9 Å². The van der Waals surface area contributed by atoms with Crippen LogP contribution in [0, 0.1) is 6.92 Å². The Bertz CT molecular complexity index is 476. The lowest BCUT2D eigenvalue weighted by Crippen LogP contribution is -2.36. The lowest BCUT2D eigenvalue weighted by molar-refractivity contribution is -0.115. The zero-order valence-corrected chi connectivity index (χ0v) is 11.0. The van der Waals surface area contributed by atoms with Crippen LogP contribution < -0.4 is 11.1 Å². The highest BCUT2D eigenvalue weighted by Gasteiger charge is 1.99. The molecule has 0 aliphatic rings. The number of amides is 1. The Kier molecular flexibility index (Phi) is 5.11. The molecule has 1 aromatic carbocycles. The largest absolute Gasteiger partial charge is 0.370 e. The number of rotatable bonds is 3. The average molecular weight is 245 g/mol. The highest BCUT2D eigenvalue weighted by Crippen LogP contribution is 2.08. The van der Waals surface area contributed by atoms with Gasteiger partial charge in [-0.15, -0.1) is 0 Å². The van der Waals surface area contributed by atoms with E-state index in [-0.39, 0.29) is 17.9 Å². The molecular weight excluding hydrogens is 226 g/mol. The Morgan fingerprint density at radius 1 is 1.39 bits per heavy atom. The van der Waals surface area contributed by atoms with Crippen LogP contribution in [0.15, 0.2) is 35.3 Å². The molecule has 4 heteroatoms. The Labute approximate surface area is 108 Å². The number of hydrogen-bond donors (Lipinski definition) is 2. The summed E-state index contributed by atoms with van der Waals surface area (Å²) in [4.78, 5) is 15.6. The van der Waals surface area contributed by atoms with E-state index in [0.717, 1.165) is 11.1 Å². The molecule has 3 N–H and O–H groups in total. The predicted molar refractivity (Wildman–Crippen MR) is 75.1 cm³/mol. The van der Waals surface area contributed by atoms with Gasteiger partial charge in [0.05, 0.1) is 0 Å². The first-order valence-corrected chi connectivity index (χ1v) is 5.87. The summed E-state index contributed by atoms with van der Waals surface area (Å²) in [5, 5.41) is 2.50. The summed E-state index contributed by atoms with van der Waals surface area (Å²) in [6, 6.07) is 7.89. The smallest absolute Gasteiger partial charge is 0.250 e. The van der Waals surface area contributed by atoms with Gasteiger partial charge >= 0.3 is 0 Å². The number of hydrogen-bond acceptors (Lipinski definition) is 2. The molecule has 0 saturated carbocycles. The molecule has 0 heterocycles. The highest BCUT2D eigenvalue weighted by atomic mass is 16.1. The van der Waals surface area contributed by atoms with E-state index in [1.807, 2.05) is 45.0 Å². The van der Waals surface area contributed by atoms with E-state index >= 15 is 0 Å². The number of guanidine groups is 1. The summed E-state index contributed by atoms with van der Waals surface area (Å²) in [7, 11) is 0. The van der Waals surface area contributed by atoms with Gasteiger partial charge in [0.25, 0.3) is 5.91 Å². The maximum atomic E-state index is 11.6. The van der Waals surface area contributed by atoms with E-state index in [4.69, 9.17) is 5.73 Å². The van der Waals surface area contributed by atoms with Crippen LogP contribution in [0.25, 0.3) is 6.08 Å². The third-order valence-corrected chi connectivity index (χ3v) is 2.25. The van der Waals surface area contributed by atoms with Gasteiger partial charge in [0.2, 0.25) is 0 Å². The van der Waals surface area contributed by atoms with E-state index in [1.165, 1.54) is 6.08 Å². The summed E-state index contributed by atoms with van der Waals surface area (Å²) < 4.78 is 0. The minimum Gasteiger partial charge on any atom is -0.370 e. The Hall–Kier alpha value is -2.10. The molecular formula is C14H19N3O. The van der Waals surface area contributed by atoms with Gasteiger partial charge in [-0.2, -0.15) is 0 Å². The quantitative estimate of drug-likeness (QED) is 0.485. The second-order valence-electron chi connectivity index (χ2n) is 4.29. The zero-order valence-electron chi connectivity index (χ0n) is 11.0. The van der Waals surface area contributed by atoms with Crippen LogP contribution in [0.2, 0.25) is 0 Å². The standard InChI is InChI=1S/C14H19N3O/c1-10(2)16-14(15)17-13(18)9-8-12-7-5-4-6-11(12)3/h4-10H,1-3H3,(H3,15,16,17,18)/b9-8+. The van der Waals surface area contributed by atoms with Crippen molar-refractivity contribution in [3.63, 3.8) is 0 Å². The molecule has 96 valence electrons. The van der Waals surface area contributed by atoms with Crippen LogP contribution in [0.1, 0.15) is 25.0 Å². The molecule has 0 spiro atoms. The third kappa shape index (κ3) is 4.82. The van der Waals surface area contributed by atoms with Crippen LogP contribution in [-0.4, -0.2) is 17.9 Å². The fourth-order valence-corrected chi connectivity index (χ4v) is 1.42. The third-order valence-electron chi connectivity index (χ3n) is 2.25. The molecule has 0 atom stereocenters. The molecule has 0 aromatic heterocycles. The van der Waals surface area contributed by atoms with E-state index < -0.39 is 0 Å². The van der Waals surface area contributed by atoms with Gasteiger partial charge in [0.15, 0.2) is 5.96 Å². The summed E-state index contributed by atoms with van der Waals surface area (Å²) in [5.41, 5.74) is 7.68. The highest BCUT2D eigenvalue weighted by molar-refractivity contribution is 6.03. The minimum atomic E-state index is -0.278. The fourth-order valence-electron chi connectivity index (χ4n) is 1.42. The molecule has 1 rings (SSSR count).